The Morgan fingerprint density at radius 3 is 2.77 bits per heavy atom. The number of aliphatic hydroxyl groups is 1. The number of ether oxygens (including phenoxy) is 1. The van der Waals surface area contributed by atoms with Gasteiger partial charge in [-0.1, -0.05) is 36.3 Å². The van der Waals surface area contributed by atoms with E-state index < -0.39 is 23.5 Å². The number of halogens is 1. The molecule has 0 spiro atoms. The van der Waals surface area contributed by atoms with Crippen LogP contribution >= 0.6 is 0 Å². The van der Waals surface area contributed by atoms with Gasteiger partial charge in [0.15, 0.2) is 11.5 Å². The van der Waals surface area contributed by atoms with Crippen LogP contribution in [0.4, 0.5) is 20.8 Å². The van der Waals surface area contributed by atoms with Gasteiger partial charge in [-0.15, -0.1) is 5.92 Å². The predicted molar refractivity (Wildman–Crippen MR) is 127 cm³/mol. The van der Waals surface area contributed by atoms with Gasteiger partial charge in [0.05, 0.1) is 29.4 Å². The highest BCUT2D eigenvalue weighted by Crippen LogP contribution is 2.46. The third-order valence-electron chi connectivity index (χ3n) is 5.83. The Morgan fingerprint density at radius 1 is 1.20 bits per heavy atom. The van der Waals surface area contributed by atoms with Gasteiger partial charge in [0.25, 0.3) is 5.91 Å². The number of nitrogens with zero attached hydrogens (tertiary/aromatic N) is 2. The molecule has 1 aliphatic heterocycles. The largest absolute Gasteiger partial charge is 0.453 e. The molecule has 174 valence electrons. The van der Waals surface area contributed by atoms with Crippen LogP contribution in [0.2, 0.25) is 0 Å². The van der Waals surface area contributed by atoms with Crippen LogP contribution in [0.1, 0.15) is 34.0 Å². The van der Waals surface area contributed by atoms with Crippen LogP contribution in [0.3, 0.4) is 0 Å². The molecule has 8 nitrogen and oxygen atoms in total. The molecule has 2 heterocycles. The number of hydrogen-bond donors (Lipinski definition) is 3. The van der Waals surface area contributed by atoms with E-state index in [0.717, 1.165) is 4.90 Å². The van der Waals surface area contributed by atoms with E-state index in [0.29, 0.717) is 22.2 Å². The lowest BCUT2D eigenvalue weighted by molar-refractivity contribution is 0.0699. The number of benzene rings is 3. The zero-order valence-electron chi connectivity index (χ0n) is 18.7. The monoisotopic (exact) mass is 470 g/mol. The van der Waals surface area contributed by atoms with Crippen LogP contribution in [0.5, 0.6) is 0 Å². The van der Waals surface area contributed by atoms with Crippen molar-refractivity contribution in [1.82, 2.24) is 9.97 Å². The first kappa shape index (κ1) is 22.1. The van der Waals surface area contributed by atoms with Crippen molar-refractivity contribution in [2.45, 2.75) is 12.6 Å². The van der Waals surface area contributed by atoms with Gasteiger partial charge < -0.3 is 14.8 Å². The fourth-order valence-corrected chi connectivity index (χ4v) is 4.29. The van der Waals surface area contributed by atoms with E-state index in [1.807, 2.05) is 0 Å². The summed E-state index contributed by atoms with van der Waals surface area (Å²) in [6, 6.07) is 15.9. The summed E-state index contributed by atoms with van der Waals surface area (Å²) < 4.78 is 20.1. The van der Waals surface area contributed by atoms with Crippen molar-refractivity contribution in [2.24, 2.45) is 0 Å². The quantitative estimate of drug-likeness (QED) is 0.391. The first-order valence-corrected chi connectivity index (χ1v) is 10.6. The maximum atomic E-state index is 15.5. The van der Waals surface area contributed by atoms with Crippen molar-refractivity contribution in [3.05, 3.63) is 88.7 Å². The van der Waals surface area contributed by atoms with Crippen molar-refractivity contribution in [3.8, 4) is 11.8 Å². The lowest BCUT2D eigenvalue weighted by atomic mass is 9.93. The minimum Gasteiger partial charge on any atom is -0.453 e. The highest BCUT2D eigenvalue weighted by atomic mass is 19.1. The van der Waals surface area contributed by atoms with Gasteiger partial charge in [0.2, 0.25) is 5.95 Å². The Kier molecular flexibility index (Phi) is 5.23. The number of nitrogens with one attached hydrogen (secondary N) is 2. The number of aromatic amines is 1. The summed E-state index contributed by atoms with van der Waals surface area (Å²) >= 11 is 0. The Balaban J connectivity index is 1.71. The van der Waals surface area contributed by atoms with Crippen molar-refractivity contribution in [3.63, 3.8) is 0 Å². The number of amides is 2. The lowest BCUT2D eigenvalue weighted by Crippen LogP contribution is -2.45. The minimum atomic E-state index is -2.03. The Morgan fingerprint density at radius 2 is 2.00 bits per heavy atom. The van der Waals surface area contributed by atoms with Crippen LogP contribution in [0.25, 0.3) is 11.0 Å². The number of carbonyl (C=O) groups excluding carboxylic acids is 2. The summed E-state index contributed by atoms with van der Waals surface area (Å²) in [5.41, 5.74) is -0.192. The molecule has 4 aromatic rings. The molecule has 5 rings (SSSR count). The maximum absolute atomic E-state index is 15.5. The zero-order valence-corrected chi connectivity index (χ0v) is 18.7. The van der Waals surface area contributed by atoms with Gasteiger partial charge in [-0.3, -0.25) is 15.0 Å². The van der Waals surface area contributed by atoms with Crippen molar-refractivity contribution < 1.29 is 23.8 Å². The number of fused-ring (bicyclic) bond motifs is 2. The van der Waals surface area contributed by atoms with Crippen molar-refractivity contribution in [2.75, 3.05) is 17.3 Å². The molecule has 9 heteroatoms. The number of anilines is 2. The summed E-state index contributed by atoms with van der Waals surface area (Å²) in [5, 5.41) is 14.6. The number of imidazole rings is 1. The van der Waals surface area contributed by atoms with Crippen molar-refractivity contribution >= 4 is 34.7 Å². The summed E-state index contributed by atoms with van der Waals surface area (Å²) in [6.07, 6.45) is -0.699. The second-order valence-electron chi connectivity index (χ2n) is 7.81. The predicted octanol–water partition coefficient (Wildman–Crippen LogP) is 4.11. The van der Waals surface area contributed by atoms with Gasteiger partial charge in [0.1, 0.15) is 0 Å². The molecule has 3 N–H and O–H groups in total. The van der Waals surface area contributed by atoms with Gasteiger partial charge in [-0.25, -0.2) is 14.2 Å². The number of H-pyrrole nitrogens is 1. The molecule has 0 aliphatic carbocycles. The zero-order chi connectivity index (χ0) is 24.7. The number of hydrogen-bond acceptors (Lipinski definition) is 5. The molecule has 0 bridgehead atoms. The number of rotatable bonds is 3. The lowest BCUT2D eigenvalue weighted by Gasteiger charge is -2.35. The average molecular weight is 470 g/mol. The van der Waals surface area contributed by atoms with E-state index in [1.165, 1.54) is 19.2 Å². The first-order valence-electron chi connectivity index (χ1n) is 10.6. The molecule has 1 aromatic heterocycles. The summed E-state index contributed by atoms with van der Waals surface area (Å²) in [7, 11) is 1.23. The molecular weight excluding hydrogens is 451 g/mol. The molecule has 1 unspecified atom stereocenters. The average Bonchev–Trinajstić information content (AvgIpc) is 3.36. The molecule has 0 saturated heterocycles. The summed E-state index contributed by atoms with van der Waals surface area (Å²) in [6.45, 7) is 1.59. The topological polar surface area (TPSA) is 108 Å². The molecule has 35 heavy (non-hydrogen) atoms. The van der Waals surface area contributed by atoms with Crippen LogP contribution < -0.4 is 10.2 Å². The SMILES string of the molecule is CC#Cc1cccc(N2C(=O)c3ccccc3C2(O)c2ccc3nc(NC(=O)OC)[nH]c3c2)c1F. The summed E-state index contributed by atoms with van der Waals surface area (Å²) in [5.74, 6) is 4.22. The summed E-state index contributed by atoms with van der Waals surface area (Å²) in [4.78, 5) is 33.3. The Labute approximate surface area is 199 Å². The smallest absolute Gasteiger partial charge is 0.413 e. The van der Waals surface area contributed by atoms with E-state index in [-0.39, 0.29) is 22.8 Å². The van der Waals surface area contributed by atoms with Crippen LogP contribution in [-0.2, 0) is 10.5 Å². The standard InChI is InChI=1S/C26H19FN4O4/c1-3-7-15-8-6-11-21(22(15)27)31-23(32)17-9-4-5-10-18(17)26(31,34)16-12-13-19-20(14-16)29-24(28-19)30-25(33)35-2/h4-6,8-14,34H,1-2H3,(H2,28,29,30,33). The molecule has 1 atom stereocenters. The maximum Gasteiger partial charge on any atom is 0.413 e. The van der Waals surface area contributed by atoms with E-state index in [2.05, 4.69) is 31.9 Å². The molecule has 3 aromatic carbocycles. The number of methoxy groups -OCH3 is 1. The molecule has 2 amide bonds. The van der Waals surface area contributed by atoms with Crippen molar-refractivity contribution in [1.29, 1.82) is 0 Å². The van der Waals surface area contributed by atoms with Gasteiger partial charge in [-0.05, 0) is 37.3 Å². The molecular formula is C26H19FN4O4. The molecule has 0 radical (unpaired) electrons. The van der Waals surface area contributed by atoms with Crippen LogP contribution in [0.15, 0.2) is 60.7 Å². The van der Waals surface area contributed by atoms with E-state index in [1.54, 1.807) is 55.5 Å². The molecule has 0 saturated carbocycles. The van der Waals surface area contributed by atoms with E-state index in [9.17, 15) is 14.7 Å². The molecule has 1 aliphatic rings. The third kappa shape index (κ3) is 3.39. The van der Waals surface area contributed by atoms with Gasteiger partial charge in [-0.2, -0.15) is 0 Å². The molecule has 0 fully saturated rings. The van der Waals surface area contributed by atoms with Gasteiger partial charge in [0, 0.05) is 16.7 Å². The minimum absolute atomic E-state index is 0.105. The normalized spacial score (nSPS) is 16.6. The highest BCUT2D eigenvalue weighted by molar-refractivity contribution is 6.12. The highest BCUT2D eigenvalue weighted by Gasteiger charge is 2.51. The number of aromatic nitrogens is 2. The second-order valence-corrected chi connectivity index (χ2v) is 7.81. The third-order valence-corrected chi connectivity index (χ3v) is 5.83. The van der Waals surface area contributed by atoms with Gasteiger partial charge >= 0.3 is 6.09 Å². The first-order chi connectivity index (χ1) is 16.9. The van der Waals surface area contributed by atoms with Crippen LogP contribution in [0, 0.1) is 17.7 Å². The Bertz CT molecular complexity index is 1570. The second kappa shape index (κ2) is 8.27. The number of carbonyl (C=O) groups is 2. The van der Waals surface area contributed by atoms with E-state index >= 15 is 4.39 Å². The fraction of sp³-hybridized carbons (Fsp3) is 0.115. The van der Waals surface area contributed by atoms with Crippen LogP contribution in [-0.4, -0.2) is 34.2 Å². The Hall–Kier alpha value is -4.68. The fourth-order valence-electron chi connectivity index (χ4n) is 4.29. The van der Waals surface area contributed by atoms with E-state index in [4.69, 9.17) is 0 Å².